The van der Waals surface area contributed by atoms with E-state index < -0.39 is 17.6 Å². The zero-order valence-electron chi connectivity index (χ0n) is 12.1. The van der Waals surface area contributed by atoms with Crippen molar-refractivity contribution in [1.29, 1.82) is 0 Å². The fourth-order valence-electron chi connectivity index (χ4n) is 1.91. The Balaban J connectivity index is 2.73. The Kier molecular flexibility index (Phi) is 5.70. The Labute approximate surface area is 119 Å². The predicted molar refractivity (Wildman–Crippen MR) is 77.5 cm³/mol. The van der Waals surface area contributed by atoms with Gasteiger partial charge >= 0.3 is 5.97 Å². The monoisotopic (exact) mass is 278 g/mol. The van der Waals surface area contributed by atoms with Crippen molar-refractivity contribution in [3.8, 4) is 0 Å². The van der Waals surface area contributed by atoms with Gasteiger partial charge in [-0.25, -0.2) is 4.79 Å². The molecule has 0 saturated carbocycles. The molecule has 20 heavy (non-hydrogen) atoms. The summed E-state index contributed by atoms with van der Waals surface area (Å²) < 4.78 is 0. The lowest BCUT2D eigenvalue weighted by atomic mass is 10.0. The van der Waals surface area contributed by atoms with Crippen LogP contribution in [0.15, 0.2) is 30.3 Å². The average molecular weight is 278 g/mol. The van der Waals surface area contributed by atoms with Crippen LogP contribution in [0.4, 0.5) is 0 Å². The summed E-state index contributed by atoms with van der Waals surface area (Å²) in [6.07, 6.45) is 0.268. The normalized spacial score (nSPS) is 12.8. The molecule has 0 aliphatic rings. The number of hydrogen-bond acceptors (Lipinski definition) is 3. The van der Waals surface area contributed by atoms with Gasteiger partial charge in [-0.3, -0.25) is 4.79 Å². The minimum Gasteiger partial charge on any atom is -0.480 e. The molecule has 0 aliphatic heterocycles. The van der Waals surface area contributed by atoms with E-state index >= 15 is 0 Å². The van der Waals surface area contributed by atoms with Gasteiger partial charge in [0.05, 0.1) is 5.54 Å². The molecule has 1 aromatic carbocycles. The molecule has 5 nitrogen and oxygen atoms in total. The van der Waals surface area contributed by atoms with Crippen molar-refractivity contribution in [1.82, 2.24) is 10.6 Å². The van der Waals surface area contributed by atoms with E-state index in [1.807, 2.05) is 37.3 Å². The molecule has 0 spiro atoms. The number of likely N-dealkylation sites (N-methyl/N-ethyl adjacent to an activating group) is 1. The van der Waals surface area contributed by atoms with Crippen molar-refractivity contribution in [2.45, 2.75) is 38.8 Å². The maximum atomic E-state index is 12.1. The molecule has 3 N–H and O–H groups in total. The van der Waals surface area contributed by atoms with E-state index in [1.54, 1.807) is 13.8 Å². The first-order chi connectivity index (χ1) is 9.36. The van der Waals surface area contributed by atoms with Crippen LogP contribution in [0.5, 0.6) is 0 Å². The van der Waals surface area contributed by atoms with Crippen LogP contribution in [-0.2, 0) is 16.0 Å². The molecular formula is C15H22N2O3. The van der Waals surface area contributed by atoms with Gasteiger partial charge in [0, 0.05) is 6.42 Å². The molecule has 0 unspecified atom stereocenters. The van der Waals surface area contributed by atoms with Crippen molar-refractivity contribution in [2.75, 3.05) is 6.54 Å². The molecule has 0 bridgehead atoms. The number of carboxylic acid groups (broad SMARTS) is 1. The number of nitrogens with one attached hydrogen (secondary N) is 2. The molecule has 0 fully saturated rings. The van der Waals surface area contributed by atoms with Crippen LogP contribution < -0.4 is 10.6 Å². The first-order valence-electron chi connectivity index (χ1n) is 6.69. The van der Waals surface area contributed by atoms with Crippen LogP contribution in [-0.4, -0.2) is 35.1 Å². The Morgan fingerprint density at radius 3 is 2.35 bits per heavy atom. The second-order valence-corrected chi connectivity index (χ2v) is 5.21. The smallest absolute Gasteiger partial charge is 0.326 e. The van der Waals surface area contributed by atoms with Gasteiger partial charge in [-0.1, -0.05) is 37.3 Å². The second kappa shape index (κ2) is 7.05. The number of carbonyl (C=O) groups is 2. The fourth-order valence-corrected chi connectivity index (χ4v) is 1.91. The lowest BCUT2D eigenvalue weighted by molar-refractivity contribution is -0.142. The van der Waals surface area contributed by atoms with E-state index in [0.29, 0.717) is 6.54 Å². The van der Waals surface area contributed by atoms with Gasteiger partial charge in [0.25, 0.3) is 0 Å². The maximum absolute atomic E-state index is 12.1. The van der Waals surface area contributed by atoms with Crippen LogP contribution in [0.25, 0.3) is 0 Å². The highest BCUT2D eigenvalue weighted by atomic mass is 16.4. The minimum atomic E-state index is -1.03. The van der Waals surface area contributed by atoms with Crippen LogP contribution in [0, 0.1) is 0 Å². The van der Waals surface area contributed by atoms with Crippen molar-refractivity contribution in [2.24, 2.45) is 0 Å². The summed E-state index contributed by atoms with van der Waals surface area (Å²) in [5.41, 5.74) is 0.0838. The Morgan fingerprint density at radius 1 is 1.25 bits per heavy atom. The fraction of sp³-hybridized carbons (Fsp3) is 0.467. The number of carbonyl (C=O) groups excluding carboxylic acids is 1. The van der Waals surface area contributed by atoms with Crippen molar-refractivity contribution in [3.63, 3.8) is 0 Å². The topological polar surface area (TPSA) is 78.4 Å². The van der Waals surface area contributed by atoms with Gasteiger partial charge in [0.15, 0.2) is 0 Å². The van der Waals surface area contributed by atoms with E-state index in [0.717, 1.165) is 5.56 Å². The van der Waals surface area contributed by atoms with E-state index in [9.17, 15) is 14.7 Å². The van der Waals surface area contributed by atoms with E-state index in [2.05, 4.69) is 10.6 Å². The molecule has 1 atom stereocenters. The van der Waals surface area contributed by atoms with E-state index in [-0.39, 0.29) is 12.3 Å². The highest BCUT2D eigenvalue weighted by Crippen LogP contribution is 2.07. The molecule has 110 valence electrons. The quantitative estimate of drug-likeness (QED) is 0.700. The van der Waals surface area contributed by atoms with E-state index in [1.165, 1.54) is 0 Å². The zero-order valence-corrected chi connectivity index (χ0v) is 12.1. The third-order valence-corrected chi connectivity index (χ3v) is 3.07. The molecule has 0 aromatic heterocycles. The highest BCUT2D eigenvalue weighted by Gasteiger charge is 2.30. The van der Waals surface area contributed by atoms with Gasteiger partial charge < -0.3 is 15.7 Å². The average Bonchev–Trinajstić information content (AvgIpc) is 2.38. The molecule has 0 saturated heterocycles. The minimum absolute atomic E-state index is 0.268. The first-order valence-corrected chi connectivity index (χ1v) is 6.69. The van der Waals surface area contributed by atoms with Gasteiger partial charge in [0.1, 0.15) is 6.04 Å². The molecule has 0 heterocycles. The van der Waals surface area contributed by atoms with Crippen LogP contribution in [0.3, 0.4) is 0 Å². The Hall–Kier alpha value is -1.88. The maximum Gasteiger partial charge on any atom is 0.326 e. The largest absolute Gasteiger partial charge is 0.480 e. The van der Waals surface area contributed by atoms with Gasteiger partial charge in [0.2, 0.25) is 5.91 Å². The first kappa shape index (κ1) is 16.2. The van der Waals surface area contributed by atoms with Crippen LogP contribution in [0.1, 0.15) is 26.3 Å². The standard InChI is InChI=1S/C15H22N2O3/c1-4-16-15(2,3)14(20)17-12(13(18)19)10-11-8-6-5-7-9-11/h5-9,12,16H,4,10H2,1-3H3,(H,17,20)(H,18,19)/t12-/m1/s1. The van der Waals surface area contributed by atoms with Crippen molar-refractivity contribution >= 4 is 11.9 Å². The predicted octanol–water partition coefficient (Wildman–Crippen LogP) is 1.19. The highest BCUT2D eigenvalue weighted by molar-refractivity contribution is 5.89. The lowest BCUT2D eigenvalue weighted by Gasteiger charge is -2.26. The second-order valence-electron chi connectivity index (χ2n) is 5.21. The third kappa shape index (κ3) is 4.66. The molecule has 0 aliphatic carbocycles. The Bertz CT molecular complexity index is 457. The molecule has 1 rings (SSSR count). The summed E-state index contributed by atoms with van der Waals surface area (Å²) in [7, 11) is 0. The number of rotatable bonds is 7. The van der Waals surface area contributed by atoms with Crippen LogP contribution >= 0.6 is 0 Å². The number of carboxylic acids is 1. The van der Waals surface area contributed by atoms with Gasteiger partial charge in [-0.2, -0.15) is 0 Å². The Morgan fingerprint density at radius 2 is 1.85 bits per heavy atom. The van der Waals surface area contributed by atoms with Crippen LogP contribution in [0.2, 0.25) is 0 Å². The number of aliphatic carboxylic acids is 1. The summed E-state index contributed by atoms with van der Waals surface area (Å²) in [5, 5.41) is 14.9. The molecule has 0 radical (unpaired) electrons. The number of amides is 1. The SMILES string of the molecule is CCNC(C)(C)C(=O)N[C@H](Cc1ccccc1)C(=O)O. The zero-order chi connectivity index (χ0) is 15.2. The van der Waals surface area contributed by atoms with E-state index in [4.69, 9.17) is 0 Å². The summed E-state index contributed by atoms with van der Waals surface area (Å²) in [4.78, 5) is 23.4. The van der Waals surface area contributed by atoms with Gasteiger partial charge in [-0.05, 0) is 26.0 Å². The summed E-state index contributed by atoms with van der Waals surface area (Å²) in [6.45, 7) is 5.99. The number of hydrogen-bond donors (Lipinski definition) is 3. The summed E-state index contributed by atoms with van der Waals surface area (Å²) in [5.74, 6) is -1.35. The van der Waals surface area contributed by atoms with Crippen molar-refractivity contribution < 1.29 is 14.7 Å². The molecule has 1 aromatic rings. The third-order valence-electron chi connectivity index (χ3n) is 3.07. The number of benzene rings is 1. The van der Waals surface area contributed by atoms with Crippen molar-refractivity contribution in [3.05, 3.63) is 35.9 Å². The molecule has 5 heteroatoms. The molecule has 1 amide bonds. The summed E-state index contributed by atoms with van der Waals surface area (Å²) in [6, 6.07) is 8.32. The summed E-state index contributed by atoms with van der Waals surface area (Å²) >= 11 is 0. The van der Waals surface area contributed by atoms with Gasteiger partial charge in [-0.15, -0.1) is 0 Å². The lowest BCUT2D eigenvalue weighted by Crippen LogP contribution is -2.56. The molecular weight excluding hydrogens is 256 g/mol.